The van der Waals surface area contributed by atoms with E-state index in [2.05, 4.69) is 27.8 Å². The highest BCUT2D eigenvalue weighted by atomic mass is 79.9. The average Bonchev–Trinajstić information content (AvgIpc) is 2.64. The fourth-order valence-corrected chi connectivity index (χ4v) is 2.65. The molecule has 1 fully saturated rings. The first kappa shape index (κ1) is 11.8. The van der Waals surface area contributed by atoms with Crippen LogP contribution in [0.25, 0.3) is 0 Å². The van der Waals surface area contributed by atoms with Crippen molar-refractivity contribution >= 4 is 21.7 Å². The van der Waals surface area contributed by atoms with Gasteiger partial charge in [-0.05, 0) is 24.9 Å². The predicted molar refractivity (Wildman–Crippen MR) is 68.7 cm³/mol. The van der Waals surface area contributed by atoms with Gasteiger partial charge in [0.2, 0.25) is 0 Å². The first-order valence-corrected chi connectivity index (χ1v) is 6.46. The zero-order valence-corrected chi connectivity index (χ0v) is 11.0. The Bertz CT molecular complexity index is 391. The summed E-state index contributed by atoms with van der Waals surface area (Å²) in [6.45, 7) is 4.89. The van der Waals surface area contributed by atoms with E-state index in [1.165, 1.54) is 6.42 Å². The number of benzene rings is 1. The molecule has 1 unspecified atom stereocenters. The maximum absolute atomic E-state index is 12.1. The average molecular weight is 282 g/mol. The van der Waals surface area contributed by atoms with Crippen LogP contribution in [0.2, 0.25) is 0 Å². The summed E-state index contributed by atoms with van der Waals surface area (Å²) in [5.74, 6) is 0.939. The second-order valence-corrected chi connectivity index (χ2v) is 5.39. The first-order valence-electron chi connectivity index (χ1n) is 5.67. The maximum atomic E-state index is 12.1. The SMILES string of the molecule is CC1CCN(CC(=O)c2ccccc2Br)C1. The van der Waals surface area contributed by atoms with E-state index in [1.54, 1.807) is 0 Å². The molecule has 86 valence electrons. The fourth-order valence-electron chi connectivity index (χ4n) is 2.15. The maximum Gasteiger partial charge on any atom is 0.177 e. The molecule has 1 aromatic carbocycles. The highest BCUT2D eigenvalue weighted by Gasteiger charge is 2.21. The van der Waals surface area contributed by atoms with Crippen LogP contribution in [0.15, 0.2) is 28.7 Å². The number of Topliss-reactive ketones (excluding diaryl/α,β-unsaturated/α-hetero) is 1. The molecule has 1 aromatic rings. The second kappa shape index (κ2) is 5.11. The number of hydrogen-bond acceptors (Lipinski definition) is 2. The van der Waals surface area contributed by atoms with E-state index in [9.17, 15) is 4.79 Å². The van der Waals surface area contributed by atoms with E-state index < -0.39 is 0 Å². The molecule has 0 N–H and O–H groups in total. The van der Waals surface area contributed by atoms with Crippen molar-refractivity contribution in [3.63, 3.8) is 0 Å². The molecular formula is C13H16BrNO. The summed E-state index contributed by atoms with van der Waals surface area (Å²) < 4.78 is 0.896. The van der Waals surface area contributed by atoms with Gasteiger partial charge in [-0.2, -0.15) is 0 Å². The molecule has 0 aliphatic carbocycles. The molecule has 0 saturated carbocycles. The number of nitrogens with zero attached hydrogens (tertiary/aromatic N) is 1. The molecule has 0 aromatic heterocycles. The minimum atomic E-state index is 0.210. The van der Waals surface area contributed by atoms with E-state index in [1.807, 2.05) is 24.3 Å². The van der Waals surface area contributed by atoms with Gasteiger partial charge in [0.15, 0.2) is 5.78 Å². The zero-order chi connectivity index (χ0) is 11.5. The van der Waals surface area contributed by atoms with Crippen LogP contribution in [0, 0.1) is 5.92 Å². The molecule has 1 atom stereocenters. The molecule has 1 heterocycles. The van der Waals surface area contributed by atoms with Crippen molar-refractivity contribution in [2.45, 2.75) is 13.3 Å². The van der Waals surface area contributed by atoms with Crippen molar-refractivity contribution in [3.8, 4) is 0 Å². The number of hydrogen-bond donors (Lipinski definition) is 0. The number of carbonyl (C=O) groups is 1. The monoisotopic (exact) mass is 281 g/mol. The van der Waals surface area contributed by atoms with Crippen LogP contribution >= 0.6 is 15.9 Å². The van der Waals surface area contributed by atoms with Crippen LogP contribution in [0.1, 0.15) is 23.7 Å². The van der Waals surface area contributed by atoms with Gasteiger partial charge >= 0.3 is 0 Å². The van der Waals surface area contributed by atoms with Crippen molar-refractivity contribution in [2.24, 2.45) is 5.92 Å². The van der Waals surface area contributed by atoms with Crippen LogP contribution in [-0.2, 0) is 0 Å². The Hall–Kier alpha value is -0.670. The van der Waals surface area contributed by atoms with Gasteiger partial charge < -0.3 is 0 Å². The Morgan fingerprint density at radius 1 is 1.50 bits per heavy atom. The van der Waals surface area contributed by atoms with Crippen molar-refractivity contribution in [1.82, 2.24) is 4.90 Å². The van der Waals surface area contributed by atoms with Crippen molar-refractivity contribution in [1.29, 1.82) is 0 Å². The van der Waals surface area contributed by atoms with Crippen molar-refractivity contribution in [3.05, 3.63) is 34.3 Å². The molecule has 0 radical (unpaired) electrons. The Kier molecular flexibility index (Phi) is 3.77. The number of rotatable bonds is 3. The minimum absolute atomic E-state index is 0.210. The van der Waals surface area contributed by atoms with Gasteiger partial charge in [-0.15, -0.1) is 0 Å². The molecular weight excluding hydrogens is 266 g/mol. The van der Waals surface area contributed by atoms with Crippen molar-refractivity contribution in [2.75, 3.05) is 19.6 Å². The zero-order valence-electron chi connectivity index (χ0n) is 9.45. The number of carbonyl (C=O) groups excluding carboxylic acids is 1. The molecule has 0 spiro atoms. The van der Waals surface area contributed by atoms with E-state index in [-0.39, 0.29) is 5.78 Å². The van der Waals surface area contributed by atoms with Crippen molar-refractivity contribution < 1.29 is 4.79 Å². The molecule has 0 amide bonds. The lowest BCUT2D eigenvalue weighted by Gasteiger charge is -2.14. The topological polar surface area (TPSA) is 20.3 Å². The summed E-state index contributed by atoms with van der Waals surface area (Å²) in [5.41, 5.74) is 0.794. The van der Waals surface area contributed by atoms with Gasteiger partial charge in [0.25, 0.3) is 0 Å². The lowest BCUT2D eigenvalue weighted by Crippen LogP contribution is -2.27. The largest absolute Gasteiger partial charge is 0.296 e. The Morgan fingerprint density at radius 2 is 2.25 bits per heavy atom. The summed E-state index contributed by atoms with van der Waals surface area (Å²) >= 11 is 3.42. The quantitative estimate of drug-likeness (QED) is 0.794. The van der Waals surface area contributed by atoms with Gasteiger partial charge in [-0.25, -0.2) is 0 Å². The summed E-state index contributed by atoms with van der Waals surface area (Å²) in [7, 11) is 0. The van der Waals surface area contributed by atoms with Gasteiger partial charge in [-0.1, -0.05) is 41.1 Å². The van der Waals surface area contributed by atoms with Gasteiger partial charge in [0.1, 0.15) is 0 Å². The van der Waals surface area contributed by atoms with Crippen LogP contribution in [-0.4, -0.2) is 30.3 Å². The Morgan fingerprint density at radius 3 is 2.88 bits per heavy atom. The smallest absolute Gasteiger partial charge is 0.177 e. The Labute approximate surface area is 105 Å². The normalized spacial score (nSPS) is 21.2. The Balaban J connectivity index is 2.01. The standard InChI is InChI=1S/C13H16BrNO/c1-10-6-7-15(8-10)9-13(16)11-4-2-3-5-12(11)14/h2-5,10H,6-9H2,1H3. The molecule has 1 aliphatic rings. The summed E-state index contributed by atoms with van der Waals surface area (Å²) in [6.07, 6.45) is 1.21. The molecule has 1 aliphatic heterocycles. The highest BCUT2D eigenvalue weighted by molar-refractivity contribution is 9.10. The van der Waals surface area contributed by atoms with Crippen LogP contribution in [0.3, 0.4) is 0 Å². The van der Waals surface area contributed by atoms with E-state index >= 15 is 0 Å². The molecule has 16 heavy (non-hydrogen) atoms. The molecule has 0 bridgehead atoms. The number of ketones is 1. The van der Waals surface area contributed by atoms with Crippen LogP contribution in [0.5, 0.6) is 0 Å². The number of halogens is 1. The lowest BCUT2D eigenvalue weighted by molar-refractivity contribution is 0.0943. The van der Waals surface area contributed by atoms with Gasteiger partial charge in [0.05, 0.1) is 6.54 Å². The summed E-state index contributed by atoms with van der Waals surface area (Å²) in [6, 6.07) is 7.63. The molecule has 3 heteroatoms. The minimum Gasteiger partial charge on any atom is -0.296 e. The second-order valence-electron chi connectivity index (χ2n) is 4.53. The van der Waals surface area contributed by atoms with Gasteiger partial charge in [0, 0.05) is 16.6 Å². The third-order valence-corrected chi connectivity index (χ3v) is 3.74. The van der Waals surface area contributed by atoms with E-state index in [0.29, 0.717) is 6.54 Å². The number of likely N-dealkylation sites (tertiary alicyclic amines) is 1. The predicted octanol–water partition coefficient (Wildman–Crippen LogP) is 2.97. The fraction of sp³-hybridized carbons (Fsp3) is 0.462. The molecule has 2 rings (SSSR count). The summed E-state index contributed by atoms with van der Waals surface area (Å²) in [4.78, 5) is 14.3. The third-order valence-electron chi connectivity index (χ3n) is 3.05. The molecule has 1 saturated heterocycles. The third kappa shape index (κ3) is 2.71. The first-order chi connectivity index (χ1) is 7.66. The summed E-state index contributed by atoms with van der Waals surface area (Å²) in [5, 5.41) is 0. The highest BCUT2D eigenvalue weighted by Crippen LogP contribution is 2.19. The van der Waals surface area contributed by atoms with E-state index in [4.69, 9.17) is 0 Å². The molecule has 2 nitrogen and oxygen atoms in total. The van der Waals surface area contributed by atoms with Crippen LogP contribution in [0.4, 0.5) is 0 Å². The van der Waals surface area contributed by atoms with E-state index in [0.717, 1.165) is 29.0 Å². The lowest BCUT2D eigenvalue weighted by atomic mass is 10.1. The van der Waals surface area contributed by atoms with Gasteiger partial charge in [-0.3, -0.25) is 9.69 Å². The van der Waals surface area contributed by atoms with Crippen LogP contribution < -0.4 is 0 Å².